The van der Waals surface area contributed by atoms with Crippen LogP contribution in [0.1, 0.15) is 39.5 Å². The maximum Gasteiger partial charge on any atom is 0.229 e. The number of hydrogen-bond acceptors (Lipinski definition) is 2. The van der Waals surface area contributed by atoms with Crippen molar-refractivity contribution >= 4 is 5.91 Å². The van der Waals surface area contributed by atoms with Crippen LogP contribution in [0.25, 0.3) is 0 Å². The molecule has 0 radical (unpaired) electrons. The van der Waals surface area contributed by atoms with Gasteiger partial charge in [0.25, 0.3) is 0 Å². The van der Waals surface area contributed by atoms with Crippen molar-refractivity contribution in [2.75, 3.05) is 19.6 Å². The predicted octanol–water partition coefficient (Wildman–Crippen LogP) is 1.39. The van der Waals surface area contributed by atoms with E-state index in [1.807, 2.05) is 0 Å². The lowest BCUT2D eigenvalue weighted by Gasteiger charge is -2.45. The zero-order chi connectivity index (χ0) is 10.9. The molecule has 0 aromatic rings. The minimum atomic E-state index is -0.00618. The molecule has 3 heteroatoms. The Kier molecular flexibility index (Phi) is 3.01. The van der Waals surface area contributed by atoms with Crippen molar-refractivity contribution in [2.45, 2.75) is 45.6 Å². The van der Waals surface area contributed by atoms with Crippen molar-refractivity contribution in [3.63, 3.8) is 0 Å². The number of hydrogen-bond donors (Lipinski definition) is 1. The van der Waals surface area contributed by atoms with Crippen LogP contribution >= 0.6 is 0 Å². The molecule has 15 heavy (non-hydrogen) atoms. The third-order valence-corrected chi connectivity index (χ3v) is 3.95. The monoisotopic (exact) mass is 210 g/mol. The summed E-state index contributed by atoms with van der Waals surface area (Å²) in [5.41, 5.74) is -0.00618. The number of rotatable bonds is 1. The molecule has 0 bridgehead atoms. The van der Waals surface area contributed by atoms with Crippen LogP contribution in [-0.4, -0.2) is 36.5 Å². The van der Waals surface area contributed by atoms with Gasteiger partial charge in [0.1, 0.15) is 0 Å². The molecule has 2 aliphatic rings. The molecule has 86 valence electrons. The zero-order valence-electron chi connectivity index (χ0n) is 9.88. The fraction of sp³-hybridized carbons (Fsp3) is 0.917. The van der Waals surface area contributed by atoms with Gasteiger partial charge in [0.15, 0.2) is 0 Å². The Labute approximate surface area is 92.2 Å². The van der Waals surface area contributed by atoms with E-state index in [2.05, 4.69) is 24.1 Å². The first-order valence-corrected chi connectivity index (χ1v) is 6.17. The van der Waals surface area contributed by atoms with Crippen molar-refractivity contribution in [1.29, 1.82) is 0 Å². The smallest absolute Gasteiger partial charge is 0.229 e. The molecule has 0 atom stereocenters. The molecule has 2 fully saturated rings. The summed E-state index contributed by atoms with van der Waals surface area (Å²) in [5.74, 6) is 0.422. The number of piperidine rings is 2. The van der Waals surface area contributed by atoms with Crippen molar-refractivity contribution in [3.05, 3.63) is 0 Å². The molecule has 0 aromatic carbocycles. The zero-order valence-corrected chi connectivity index (χ0v) is 9.88. The minimum Gasteiger partial charge on any atom is -0.340 e. The summed E-state index contributed by atoms with van der Waals surface area (Å²) < 4.78 is 0. The highest BCUT2D eigenvalue weighted by molar-refractivity contribution is 5.83. The van der Waals surface area contributed by atoms with Gasteiger partial charge < -0.3 is 10.2 Å². The molecular weight excluding hydrogens is 188 g/mol. The van der Waals surface area contributed by atoms with Crippen molar-refractivity contribution in [2.24, 2.45) is 5.41 Å². The second-order valence-electron chi connectivity index (χ2n) is 5.23. The van der Waals surface area contributed by atoms with E-state index in [1.54, 1.807) is 0 Å². The summed E-state index contributed by atoms with van der Waals surface area (Å²) >= 11 is 0. The largest absolute Gasteiger partial charge is 0.340 e. The summed E-state index contributed by atoms with van der Waals surface area (Å²) in [6.07, 6.45) is 4.37. The highest BCUT2D eigenvalue weighted by atomic mass is 16.2. The molecule has 1 amide bonds. The third-order valence-electron chi connectivity index (χ3n) is 3.95. The first-order valence-electron chi connectivity index (χ1n) is 6.17. The van der Waals surface area contributed by atoms with Gasteiger partial charge in [-0.3, -0.25) is 4.79 Å². The van der Waals surface area contributed by atoms with Crippen molar-refractivity contribution < 1.29 is 4.79 Å². The second kappa shape index (κ2) is 4.12. The lowest BCUT2D eigenvalue weighted by atomic mass is 9.72. The molecule has 1 N–H and O–H groups in total. The number of nitrogens with zero attached hydrogens (tertiary/aromatic N) is 1. The van der Waals surface area contributed by atoms with Gasteiger partial charge >= 0.3 is 0 Å². The Bertz CT molecular complexity index is 238. The van der Waals surface area contributed by atoms with E-state index in [0.717, 1.165) is 38.9 Å². The van der Waals surface area contributed by atoms with Crippen LogP contribution in [0.2, 0.25) is 0 Å². The van der Waals surface area contributed by atoms with Crippen molar-refractivity contribution in [3.8, 4) is 0 Å². The first-order chi connectivity index (χ1) is 7.16. The normalized spacial score (nSPS) is 26.3. The van der Waals surface area contributed by atoms with Gasteiger partial charge in [0, 0.05) is 12.6 Å². The predicted molar refractivity (Wildman–Crippen MR) is 60.6 cm³/mol. The summed E-state index contributed by atoms with van der Waals surface area (Å²) in [7, 11) is 0. The van der Waals surface area contributed by atoms with Crippen LogP contribution in [-0.2, 0) is 4.79 Å². The van der Waals surface area contributed by atoms with Gasteiger partial charge in [-0.25, -0.2) is 0 Å². The molecule has 0 aromatic heterocycles. The van der Waals surface area contributed by atoms with Crippen LogP contribution in [0.3, 0.4) is 0 Å². The quantitative estimate of drug-likeness (QED) is 0.709. The number of likely N-dealkylation sites (tertiary alicyclic amines) is 1. The van der Waals surface area contributed by atoms with Crippen LogP contribution in [0.4, 0.5) is 0 Å². The topological polar surface area (TPSA) is 32.3 Å². The highest BCUT2D eigenvalue weighted by Gasteiger charge is 2.44. The molecule has 2 aliphatic heterocycles. The lowest BCUT2D eigenvalue weighted by Crippen LogP contribution is -2.54. The Morgan fingerprint density at radius 3 is 2.53 bits per heavy atom. The highest BCUT2D eigenvalue weighted by Crippen LogP contribution is 2.39. The number of amides is 1. The SMILES string of the molecule is CC(C)N1CCCC2(CCNCC2)C1=O. The van der Waals surface area contributed by atoms with E-state index in [0.29, 0.717) is 11.9 Å². The van der Waals surface area contributed by atoms with Gasteiger partial charge in [-0.15, -0.1) is 0 Å². The molecule has 0 saturated carbocycles. The minimum absolute atomic E-state index is 0.00618. The number of carbonyl (C=O) groups excluding carboxylic acids is 1. The Balaban J connectivity index is 2.14. The standard InChI is InChI=1S/C12H22N2O/c1-10(2)14-9-3-4-12(11(14)15)5-7-13-8-6-12/h10,13H,3-9H2,1-2H3. The van der Waals surface area contributed by atoms with Crippen LogP contribution in [0.5, 0.6) is 0 Å². The maximum absolute atomic E-state index is 12.4. The van der Waals surface area contributed by atoms with Gasteiger partial charge in [-0.05, 0) is 52.6 Å². The molecular formula is C12H22N2O. The van der Waals surface area contributed by atoms with Gasteiger partial charge in [0.2, 0.25) is 5.91 Å². The van der Waals surface area contributed by atoms with E-state index in [-0.39, 0.29) is 5.41 Å². The molecule has 3 nitrogen and oxygen atoms in total. The number of carbonyl (C=O) groups is 1. The second-order valence-corrected chi connectivity index (χ2v) is 5.23. The summed E-state index contributed by atoms with van der Waals surface area (Å²) in [4.78, 5) is 14.5. The van der Waals surface area contributed by atoms with E-state index < -0.39 is 0 Å². The first kappa shape index (κ1) is 10.9. The Morgan fingerprint density at radius 1 is 1.27 bits per heavy atom. The number of nitrogens with one attached hydrogen (secondary N) is 1. The van der Waals surface area contributed by atoms with Crippen LogP contribution in [0.15, 0.2) is 0 Å². The lowest BCUT2D eigenvalue weighted by molar-refractivity contribution is -0.150. The summed E-state index contributed by atoms with van der Waals surface area (Å²) in [6.45, 7) is 7.23. The Hall–Kier alpha value is -0.570. The fourth-order valence-corrected chi connectivity index (χ4v) is 2.96. The average molecular weight is 210 g/mol. The molecule has 2 rings (SSSR count). The van der Waals surface area contributed by atoms with E-state index in [9.17, 15) is 4.79 Å². The van der Waals surface area contributed by atoms with E-state index in [4.69, 9.17) is 0 Å². The third kappa shape index (κ3) is 1.89. The van der Waals surface area contributed by atoms with Crippen molar-refractivity contribution in [1.82, 2.24) is 10.2 Å². The summed E-state index contributed by atoms with van der Waals surface area (Å²) in [5, 5.41) is 3.35. The fourth-order valence-electron chi connectivity index (χ4n) is 2.96. The summed E-state index contributed by atoms with van der Waals surface area (Å²) in [6, 6.07) is 0.365. The molecule has 2 heterocycles. The molecule has 1 spiro atoms. The molecule has 0 unspecified atom stereocenters. The Morgan fingerprint density at radius 2 is 1.93 bits per heavy atom. The van der Waals surface area contributed by atoms with Crippen LogP contribution in [0, 0.1) is 5.41 Å². The maximum atomic E-state index is 12.4. The van der Waals surface area contributed by atoms with Crippen LogP contribution < -0.4 is 5.32 Å². The van der Waals surface area contributed by atoms with Gasteiger partial charge in [0.05, 0.1) is 5.41 Å². The van der Waals surface area contributed by atoms with Gasteiger partial charge in [-0.2, -0.15) is 0 Å². The average Bonchev–Trinajstić information content (AvgIpc) is 2.23. The van der Waals surface area contributed by atoms with E-state index in [1.165, 1.54) is 6.42 Å². The molecule has 0 aliphatic carbocycles. The molecule has 2 saturated heterocycles. The van der Waals surface area contributed by atoms with Gasteiger partial charge in [-0.1, -0.05) is 0 Å². The van der Waals surface area contributed by atoms with E-state index >= 15 is 0 Å².